The van der Waals surface area contributed by atoms with Gasteiger partial charge >= 0.3 is 0 Å². The summed E-state index contributed by atoms with van der Waals surface area (Å²) in [4.78, 5) is 3.41. The quantitative estimate of drug-likeness (QED) is 0.422. The second kappa shape index (κ2) is 4.42. The maximum absolute atomic E-state index is 8.19. The van der Waals surface area contributed by atoms with E-state index < -0.39 is 5.92 Å². The third-order valence-corrected chi connectivity index (χ3v) is 0.734. The first-order valence-electron chi connectivity index (χ1n) is 2.33. The van der Waals surface area contributed by atoms with E-state index >= 15 is 0 Å². The van der Waals surface area contributed by atoms with Gasteiger partial charge in [-0.1, -0.05) is 0 Å². The minimum absolute atomic E-state index is 0.0736. The van der Waals surface area contributed by atoms with Crippen LogP contribution in [0.3, 0.4) is 0 Å². The average molecular weight is 152 g/mol. The highest BCUT2D eigenvalue weighted by Gasteiger charge is 1.97. The lowest BCUT2D eigenvalue weighted by molar-refractivity contribution is 1.18. The second-order valence-corrected chi connectivity index (χ2v) is 1.77. The van der Waals surface area contributed by atoms with Crippen LogP contribution in [-0.4, -0.2) is 11.3 Å². The number of hydrogen-bond donors (Lipinski definition) is 1. The number of rotatable bonds is 1. The highest BCUT2D eigenvalue weighted by molar-refractivity contribution is 7.80. The normalized spacial score (nSPS) is 9.10. The van der Waals surface area contributed by atoms with Crippen LogP contribution in [0.5, 0.6) is 0 Å². The number of nitriles is 2. The Morgan fingerprint density at radius 3 is 2.40 bits per heavy atom. The van der Waals surface area contributed by atoms with E-state index in [-0.39, 0.29) is 5.11 Å². The third kappa shape index (κ3) is 3.53. The summed E-state index contributed by atoms with van der Waals surface area (Å²) in [5, 5.41) is 16.3. The molecule has 0 rings (SSSR count). The van der Waals surface area contributed by atoms with Gasteiger partial charge in [0.1, 0.15) is 0 Å². The number of hydrogen-bond acceptors (Lipinski definition) is 3. The molecular weight excluding hydrogens is 148 g/mol. The summed E-state index contributed by atoms with van der Waals surface area (Å²) in [5.74, 6) is -0.860. The summed E-state index contributed by atoms with van der Waals surface area (Å²) in [7, 11) is 0. The Labute approximate surface area is 63.6 Å². The maximum atomic E-state index is 8.19. The SMILES string of the molecule is N#CC(C#N)C=NC(N)=S. The standard InChI is InChI=1S/C5H4N4S/c6-1-4(2-7)3-9-5(8)10/h3-4H,(H2,8,10). The molecule has 0 saturated heterocycles. The Morgan fingerprint density at radius 1 is 1.60 bits per heavy atom. The molecule has 0 fully saturated rings. The molecule has 0 aromatic heterocycles. The van der Waals surface area contributed by atoms with E-state index in [4.69, 9.17) is 16.3 Å². The van der Waals surface area contributed by atoms with E-state index in [1.54, 1.807) is 12.1 Å². The van der Waals surface area contributed by atoms with Gasteiger partial charge in [0, 0.05) is 6.21 Å². The molecule has 0 bridgehead atoms. The van der Waals surface area contributed by atoms with Crippen LogP contribution in [-0.2, 0) is 0 Å². The highest BCUT2D eigenvalue weighted by Crippen LogP contribution is 1.85. The van der Waals surface area contributed by atoms with Gasteiger partial charge in [-0.2, -0.15) is 10.5 Å². The van der Waals surface area contributed by atoms with Gasteiger partial charge in [-0.15, -0.1) is 0 Å². The van der Waals surface area contributed by atoms with E-state index in [0.29, 0.717) is 0 Å². The minimum Gasteiger partial charge on any atom is -0.374 e. The molecule has 0 aliphatic rings. The molecule has 0 aromatic rings. The van der Waals surface area contributed by atoms with Crippen LogP contribution >= 0.6 is 12.2 Å². The molecule has 0 aromatic carbocycles. The first-order chi connectivity index (χ1) is 4.70. The molecule has 0 spiro atoms. The first-order valence-corrected chi connectivity index (χ1v) is 2.74. The molecule has 0 atom stereocenters. The van der Waals surface area contributed by atoms with Crippen LogP contribution in [0.4, 0.5) is 0 Å². The van der Waals surface area contributed by atoms with E-state index in [1.165, 1.54) is 0 Å². The Bertz CT molecular complexity index is 217. The Morgan fingerprint density at radius 2 is 2.10 bits per heavy atom. The fraction of sp³-hybridized carbons (Fsp3) is 0.200. The van der Waals surface area contributed by atoms with Crippen LogP contribution in [0, 0.1) is 28.6 Å². The lowest BCUT2D eigenvalue weighted by Crippen LogP contribution is -2.05. The third-order valence-electron chi connectivity index (χ3n) is 0.629. The lowest BCUT2D eigenvalue weighted by Gasteiger charge is -1.85. The Kier molecular flexibility index (Phi) is 3.78. The van der Waals surface area contributed by atoms with Crippen molar-refractivity contribution in [3.63, 3.8) is 0 Å². The molecule has 0 heterocycles. The number of nitrogens with two attached hydrogens (primary N) is 1. The molecule has 0 unspecified atom stereocenters. The summed E-state index contributed by atoms with van der Waals surface area (Å²) >= 11 is 4.37. The molecule has 0 aliphatic carbocycles. The van der Waals surface area contributed by atoms with Crippen molar-refractivity contribution in [3.05, 3.63) is 0 Å². The molecule has 4 nitrogen and oxygen atoms in total. The Balaban J connectivity index is 4.04. The number of thiocarbonyl (C=S) groups is 1. The molecule has 50 valence electrons. The fourth-order valence-corrected chi connectivity index (χ4v) is 0.304. The molecule has 10 heavy (non-hydrogen) atoms. The van der Waals surface area contributed by atoms with Gasteiger partial charge in [0.25, 0.3) is 0 Å². The van der Waals surface area contributed by atoms with Crippen molar-refractivity contribution in [1.29, 1.82) is 10.5 Å². The van der Waals surface area contributed by atoms with Crippen molar-refractivity contribution in [1.82, 2.24) is 0 Å². The monoisotopic (exact) mass is 152 g/mol. The molecule has 2 N–H and O–H groups in total. The molecule has 0 radical (unpaired) electrons. The van der Waals surface area contributed by atoms with E-state index in [2.05, 4.69) is 17.2 Å². The van der Waals surface area contributed by atoms with Gasteiger partial charge in [-0.25, -0.2) is 4.99 Å². The summed E-state index contributed by atoms with van der Waals surface area (Å²) in [5.41, 5.74) is 4.96. The van der Waals surface area contributed by atoms with Crippen LogP contribution in [0.2, 0.25) is 0 Å². The van der Waals surface area contributed by atoms with Crippen molar-refractivity contribution in [2.75, 3.05) is 0 Å². The van der Waals surface area contributed by atoms with Crippen LogP contribution in [0.1, 0.15) is 0 Å². The van der Waals surface area contributed by atoms with Gasteiger partial charge in [0.05, 0.1) is 12.1 Å². The van der Waals surface area contributed by atoms with Gasteiger partial charge in [0.2, 0.25) is 0 Å². The van der Waals surface area contributed by atoms with Gasteiger partial charge in [-0.05, 0) is 12.2 Å². The van der Waals surface area contributed by atoms with Crippen molar-refractivity contribution in [3.8, 4) is 12.1 Å². The van der Waals surface area contributed by atoms with Crippen LogP contribution in [0.25, 0.3) is 0 Å². The van der Waals surface area contributed by atoms with Gasteiger partial charge in [-0.3, -0.25) is 0 Å². The van der Waals surface area contributed by atoms with Crippen LogP contribution < -0.4 is 5.73 Å². The maximum Gasteiger partial charge on any atom is 0.189 e. The molecule has 0 saturated carbocycles. The zero-order chi connectivity index (χ0) is 7.98. The number of nitrogens with zero attached hydrogens (tertiary/aromatic N) is 3. The van der Waals surface area contributed by atoms with E-state index in [1.807, 2.05) is 0 Å². The van der Waals surface area contributed by atoms with E-state index in [9.17, 15) is 0 Å². The van der Waals surface area contributed by atoms with E-state index in [0.717, 1.165) is 6.21 Å². The minimum atomic E-state index is -0.860. The number of aliphatic imine (C=N–C) groups is 1. The largest absolute Gasteiger partial charge is 0.374 e. The zero-order valence-corrected chi connectivity index (χ0v) is 5.80. The lowest BCUT2D eigenvalue weighted by atomic mass is 10.2. The summed E-state index contributed by atoms with van der Waals surface area (Å²) in [6.45, 7) is 0. The summed E-state index contributed by atoms with van der Waals surface area (Å²) < 4.78 is 0. The fourth-order valence-electron chi connectivity index (χ4n) is 0.244. The topological polar surface area (TPSA) is 86.0 Å². The van der Waals surface area contributed by atoms with Gasteiger partial charge in [0.15, 0.2) is 11.0 Å². The molecule has 0 aliphatic heterocycles. The van der Waals surface area contributed by atoms with Crippen molar-refractivity contribution in [2.24, 2.45) is 16.6 Å². The Hall–Kier alpha value is -1.46. The predicted octanol–water partition coefficient (Wildman–Crippen LogP) is -0.0358. The van der Waals surface area contributed by atoms with Crippen molar-refractivity contribution in [2.45, 2.75) is 0 Å². The molecule has 0 amide bonds. The zero-order valence-electron chi connectivity index (χ0n) is 4.98. The van der Waals surface area contributed by atoms with Gasteiger partial charge < -0.3 is 5.73 Å². The first kappa shape index (κ1) is 8.54. The summed E-state index contributed by atoms with van der Waals surface area (Å²) in [6.07, 6.45) is 1.11. The molecule has 5 heteroatoms. The highest BCUT2D eigenvalue weighted by atomic mass is 32.1. The smallest absolute Gasteiger partial charge is 0.189 e. The van der Waals surface area contributed by atoms with Crippen LogP contribution in [0.15, 0.2) is 4.99 Å². The van der Waals surface area contributed by atoms with Crippen molar-refractivity contribution < 1.29 is 0 Å². The summed E-state index contributed by atoms with van der Waals surface area (Å²) in [6, 6.07) is 3.36. The average Bonchev–Trinajstić information content (AvgIpc) is 1.90. The molecular formula is C5H4N4S. The van der Waals surface area contributed by atoms with Crippen molar-refractivity contribution >= 4 is 23.5 Å². The second-order valence-electron chi connectivity index (χ2n) is 1.35. The predicted molar refractivity (Wildman–Crippen MR) is 40.0 cm³/mol.